The maximum absolute atomic E-state index is 12.2. The molecule has 3 N–H and O–H groups in total. The molecule has 0 saturated heterocycles. The summed E-state index contributed by atoms with van der Waals surface area (Å²) < 4.78 is 28.8. The fraction of sp³-hybridized carbons (Fsp3) is 0.462. The van der Waals surface area contributed by atoms with Crippen molar-refractivity contribution in [3.05, 3.63) is 24.3 Å². The number of halogens is 2. The van der Waals surface area contributed by atoms with Gasteiger partial charge in [0, 0.05) is 0 Å². The molecule has 0 radical (unpaired) electrons. The largest absolute Gasteiger partial charge is 0.433 e. The molecule has 4 nitrogen and oxygen atoms in total. The number of carbonyl (C=O) groups is 1. The summed E-state index contributed by atoms with van der Waals surface area (Å²) in [6.07, 6.45) is 1.24. The van der Waals surface area contributed by atoms with Gasteiger partial charge in [-0.3, -0.25) is 4.79 Å². The van der Waals surface area contributed by atoms with Crippen LogP contribution in [-0.2, 0) is 4.79 Å². The zero-order valence-electron chi connectivity index (χ0n) is 11.0. The third kappa shape index (κ3) is 4.48. The van der Waals surface area contributed by atoms with Crippen molar-refractivity contribution in [2.24, 2.45) is 5.73 Å². The molecule has 1 aromatic carbocycles. The van der Waals surface area contributed by atoms with Crippen LogP contribution < -0.4 is 15.8 Å². The van der Waals surface area contributed by atoms with E-state index in [1.165, 1.54) is 12.1 Å². The van der Waals surface area contributed by atoms with Crippen molar-refractivity contribution in [1.82, 2.24) is 0 Å². The number of hydrogen-bond acceptors (Lipinski definition) is 3. The van der Waals surface area contributed by atoms with Crippen molar-refractivity contribution >= 4 is 11.6 Å². The van der Waals surface area contributed by atoms with E-state index in [9.17, 15) is 13.6 Å². The second-order valence-corrected chi connectivity index (χ2v) is 4.50. The van der Waals surface area contributed by atoms with E-state index in [0.717, 1.165) is 6.42 Å². The first kappa shape index (κ1) is 15.4. The van der Waals surface area contributed by atoms with Crippen LogP contribution in [0, 0.1) is 0 Å². The topological polar surface area (TPSA) is 64.4 Å². The second kappa shape index (κ2) is 6.47. The summed E-state index contributed by atoms with van der Waals surface area (Å²) in [4.78, 5) is 12.0. The summed E-state index contributed by atoms with van der Waals surface area (Å²) in [5, 5.41) is 2.52. The molecule has 0 saturated carbocycles. The number of nitrogens with one attached hydrogen (secondary N) is 1. The van der Waals surface area contributed by atoms with E-state index >= 15 is 0 Å². The quantitative estimate of drug-likeness (QED) is 0.837. The molecule has 0 fully saturated rings. The van der Waals surface area contributed by atoms with E-state index in [1.54, 1.807) is 19.1 Å². The molecule has 1 unspecified atom stereocenters. The van der Waals surface area contributed by atoms with E-state index in [2.05, 4.69) is 10.1 Å². The highest BCUT2D eigenvalue weighted by Gasteiger charge is 2.28. The summed E-state index contributed by atoms with van der Waals surface area (Å²) in [5.41, 5.74) is 5.00. The van der Waals surface area contributed by atoms with E-state index in [4.69, 9.17) is 5.73 Å². The normalized spacial score (nSPS) is 14.0. The minimum Gasteiger partial charge on any atom is -0.433 e. The first-order chi connectivity index (χ1) is 8.86. The predicted molar refractivity (Wildman–Crippen MR) is 69.2 cm³/mol. The molecule has 1 rings (SSSR count). The van der Waals surface area contributed by atoms with Crippen molar-refractivity contribution in [3.63, 3.8) is 0 Å². The van der Waals surface area contributed by atoms with Crippen LogP contribution >= 0.6 is 0 Å². The Morgan fingerprint density at radius 3 is 2.68 bits per heavy atom. The van der Waals surface area contributed by atoms with Gasteiger partial charge in [-0.15, -0.1) is 0 Å². The lowest BCUT2D eigenvalue weighted by Crippen LogP contribution is -2.48. The van der Waals surface area contributed by atoms with Crippen LogP contribution in [0.5, 0.6) is 5.75 Å². The minimum absolute atomic E-state index is 0.0850. The summed E-state index contributed by atoms with van der Waals surface area (Å²) >= 11 is 0. The van der Waals surface area contributed by atoms with Crippen molar-refractivity contribution in [2.75, 3.05) is 5.32 Å². The average Bonchev–Trinajstić information content (AvgIpc) is 2.30. The van der Waals surface area contributed by atoms with Crippen LogP contribution in [0.3, 0.4) is 0 Å². The third-order valence-electron chi connectivity index (χ3n) is 2.64. The van der Waals surface area contributed by atoms with Crippen molar-refractivity contribution in [3.8, 4) is 5.75 Å². The Hall–Kier alpha value is -1.69. The molecule has 0 bridgehead atoms. The minimum atomic E-state index is -2.95. The van der Waals surface area contributed by atoms with Gasteiger partial charge in [0.25, 0.3) is 0 Å². The Balaban J connectivity index is 2.84. The van der Waals surface area contributed by atoms with E-state index in [0.29, 0.717) is 6.42 Å². The summed E-state index contributed by atoms with van der Waals surface area (Å²) in [6.45, 7) is 0.562. The van der Waals surface area contributed by atoms with Gasteiger partial charge in [0.1, 0.15) is 5.75 Å². The molecular formula is C13H18F2N2O2. The summed E-state index contributed by atoms with van der Waals surface area (Å²) in [7, 11) is 0. The molecule has 1 atom stereocenters. The number of carbonyl (C=O) groups excluding carboxylic acids is 1. The number of ether oxygens (including phenoxy) is 1. The van der Waals surface area contributed by atoms with E-state index in [-0.39, 0.29) is 11.4 Å². The molecule has 1 amide bonds. The van der Waals surface area contributed by atoms with Gasteiger partial charge < -0.3 is 15.8 Å². The predicted octanol–water partition coefficient (Wildman–Crippen LogP) is 2.74. The van der Waals surface area contributed by atoms with Crippen molar-refractivity contribution < 1.29 is 18.3 Å². The van der Waals surface area contributed by atoms with Gasteiger partial charge in [0.15, 0.2) is 0 Å². The number of nitrogens with two attached hydrogens (primary N) is 1. The van der Waals surface area contributed by atoms with E-state index in [1.807, 2.05) is 6.92 Å². The molecule has 0 aromatic heterocycles. The molecular weight excluding hydrogens is 254 g/mol. The molecule has 0 heterocycles. The molecule has 0 aliphatic carbocycles. The second-order valence-electron chi connectivity index (χ2n) is 4.50. The zero-order valence-corrected chi connectivity index (χ0v) is 11.0. The zero-order chi connectivity index (χ0) is 14.5. The third-order valence-corrected chi connectivity index (χ3v) is 2.64. The van der Waals surface area contributed by atoms with Gasteiger partial charge in [-0.25, -0.2) is 0 Å². The smallest absolute Gasteiger partial charge is 0.387 e. The van der Waals surface area contributed by atoms with Gasteiger partial charge in [0.05, 0.1) is 11.2 Å². The lowest BCUT2D eigenvalue weighted by atomic mass is 9.96. The Labute approximate surface area is 110 Å². The number of hydrogen-bond donors (Lipinski definition) is 2. The van der Waals surface area contributed by atoms with Crippen molar-refractivity contribution in [1.29, 1.82) is 0 Å². The molecule has 0 aliphatic heterocycles. The average molecular weight is 272 g/mol. The van der Waals surface area contributed by atoms with E-state index < -0.39 is 18.1 Å². The maximum atomic E-state index is 12.2. The summed E-state index contributed by atoms with van der Waals surface area (Å²) in [6, 6.07) is 6.00. The molecule has 1 aromatic rings. The number of alkyl halides is 2. The Morgan fingerprint density at radius 1 is 1.47 bits per heavy atom. The van der Waals surface area contributed by atoms with Crippen molar-refractivity contribution in [2.45, 2.75) is 38.8 Å². The maximum Gasteiger partial charge on any atom is 0.387 e. The van der Waals surface area contributed by atoms with Gasteiger partial charge in [-0.2, -0.15) is 8.78 Å². The lowest BCUT2D eigenvalue weighted by molar-refractivity contribution is -0.120. The molecule has 6 heteroatoms. The SMILES string of the molecule is CCCC(C)(N)C(=O)Nc1ccccc1OC(F)F. The number of benzene rings is 1. The highest BCUT2D eigenvalue weighted by molar-refractivity contribution is 5.98. The lowest BCUT2D eigenvalue weighted by Gasteiger charge is -2.23. The number of para-hydroxylation sites is 2. The highest BCUT2D eigenvalue weighted by Crippen LogP contribution is 2.26. The van der Waals surface area contributed by atoms with Gasteiger partial charge in [0.2, 0.25) is 5.91 Å². The fourth-order valence-electron chi connectivity index (χ4n) is 1.67. The van der Waals surface area contributed by atoms with Crippen LogP contribution in [0.4, 0.5) is 14.5 Å². The molecule has 19 heavy (non-hydrogen) atoms. The Morgan fingerprint density at radius 2 is 2.11 bits per heavy atom. The monoisotopic (exact) mass is 272 g/mol. The Kier molecular flexibility index (Phi) is 5.23. The van der Waals surface area contributed by atoms with Crippen LogP contribution in [-0.4, -0.2) is 18.1 Å². The number of amides is 1. The number of rotatable bonds is 6. The van der Waals surface area contributed by atoms with Crippen LogP contribution in [0.2, 0.25) is 0 Å². The van der Waals surface area contributed by atoms with Crippen LogP contribution in [0.25, 0.3) is 0 Å². The first-order valence-corrected chi connectivity index (χ1v) is 6.01. The fourth-order valence-corrected chi connectivity index (χ4v) is 1.67. The van der Waals surface area contributed by atoms with Crippen LogP contribution in [0.15, 0.2) is 24.3 Å². The van der Waals surface area contributed by atoms with Crippen LogP contribution in [0.1, 0.15) is 26.7 Å². The molecule has 0 spiro atoms. The standard InChI is InChI=1S/C13H18F2N2O2/c1-3-8-13(2,16)11(18)17-9-6-4-5-7-10(9)19-12(14)15/h4-7,12H,3,8,16H2,1-2H3,(H,17,18). The summed E-state index contributed by atoms with van der Waals surface area (Å²) in [5.74, 6) is -0.516. The molecule has 106 valence electrons. The molecule has 0 aliphatic rings. The van der Waals surface area contributed by atoms with Gasteiger partial charge in [-0.1, -0.05) is 25.5 Å². The van der Waals surface area contributed by atoms with Gasteiger partial charge >= 0.3 is 6.61 Å². The Bertz CT molecular complexity index is 436. The highest BCUT2D eigenvalue weighted by atomic mass is 19.3. The number of anilines is 1. The first-order valence-electron chi connectivity index (χ1n) is 6.01. The van der Waals surface area contributed by atoms with Gasteiger partial charge in [-0.05, 0) is 25.5 Å².